The van der Waals surface area contributed by atoms with Gasteiger partial charge in [-0.1, -0.05) is 23.9 Å². The highest BCUT2D eigenvalue weighted by Gasteiger charge is 2.30. The fourth-order valence-corrected chi connectivity index (χ4v) is 2.69. The molecule has 1 heterocycles. The number of nitrogens with two attached hydrogens (primary N) is 1. The molecule has 0 saturated carbocycles. The zero-order valence-electron chi connectivity index (χ0n) is 11.0. The number of hydrogen-bond acceptors (Lipinski definition) is 3. The number of hydrogen-bond donors (Lipinski definition) is 1. The maximum absolute atomic E-state index is 13.9. The molecule has 2 rings (SSSR count). The predicted octanol–water partition coefficient (Wildman–Crippen LogP) is 4.41. The van der Waals surface area contributed by atoms with Crippen LogP contribution in [0.2, 0.25) is 0 Å². The molecular weight excluding hydrogens is 304 g/mol. The summed E-state index contributed by atoms with van der Waals surface area (Å²) >= 11 is 0.955. The summed E-state index contributed by atoms with van der Waals surface area (Å²) in [6.07, 6.45) is -3.71. The van der Waals surface area contributed by atoms with Crippen molar-refractivity contribution in [3.05, 3.63) is 53.5 Å². The number of rotatable bonds is 3. The molecular formula is C14H12F4N2S. The van der Waals surface area contributed by atoms with E-state index < -0.39 is 23.6 Å². The van der Waals surface area contributed by atoms with Crippen LogP contribution in [0.3, 0.4) is 0 Å². The van der Waals surface area contributed by atoms with Crippen LogP contribution in [0.25, 0.3) is 0 Å². The molecule has 0 bridgehead atoms. The third-order valence-corrected chi connectivity index (χ3v) is 3.84. The molecule has 0 spiro atoms. The topological polar surface area (TPSA) is 38.9 Å². The van der Waals surface area contributed by atoms with Crippen molar-refractivity contribution in [3.63, 3.8) is 0 Å². The first-order valence-corrected chi connectivity index (χ1v) is 6.86. The fourth-order valence-electron chi connectivity index (χ4n) is 1.70. The van der Waals surface area contributed by atoms with Gasteiger partial charge in [0.1, 0.15) is 10.8 Å². The number of halogens is 4. The van der Waals surface area contributed by atoms with Crippen LogP contribution >= 0.6 is 11.8 Å². The van der Waals surface area contributed by atoms with Gasteiger partial charge in [0, 0.05) is 12.2 Å². The van der Waals surface area contributed by atoms with Crippen molar-refractivity contribution in [1.82, 2.24) is 4.98 Å². The van der Waals surface area contributed by atoms with Gasteiger partial charge >= 0.3 is 6.18 Å². The molecule has 0 aliphatic heterocycles. The highest BCUT2D eigenvalue weighted by atomic mass is 32.2. The average molecular weight is 316 g/mol. The lowest BCUT2D eigenvalue weighted by molar-refractivity contribution is -0.137. The van der Waals surface area contributed by atoms with E-state index in [1.165, 1.54) is 18.2 Å². The van der Waals surface area contributed by atoms with E-state index in [0.29, 0.717) is 5.56 Å². The standard InChI is InChI=1S/C14H12F4N2S/c1-8(19)10-3-2-4-11(15)13(10)21-12-6-5-9(7-20-12)14(16,17)18/h2-8H,19H2,1H3/t8-/m1/s1. The molecule has 0 unspecified atom stereocenters. The molecule has 21 heavy (non-hydrogen) atoms. The summed E-state index contributed by atoms with van der Waals surface area (Å²) in [4.78, 5) is 4.00. The van der Waals surface area contributed by atoms with Crippen LogP contribution in [0.1, 0.15) is 24.1 Å². The van der Waals surface area contributed by atoms with Crippen LogP contribution in [-0.4, -0.2) is 4.98 Å². The van der Waals surface area contributed by atoms with E-state index in [1.807, 2.05) is 0 Å². The lowest BCUT2D eigenvalue weighted by atomic mass is 10.1. The highest BCUT2D eigenvalue weighted by Crippen LogP contribution is 2.35. The zero-order valence-corrected chi connectivity index (χ0v) is 11.8. The molecule has 0 radical (unpaired) electrons. The van der Waals surface area contributed by atoms with E-state index in [0.717, 1.165) is 24.0 Å². The van der Waals surface area contributed by atoms with Crippen molar-refractivity contribution in [1.29, 1.82) is 0 Å². The SMILES string of the molecule is C[C@@H](N)c1cccc(F)c1Sc1ccc(C(F)(F)F)cn1. The number of pyridine rings is 1. The lowest BCUT2D eigenvalue weighted by Gasteiger charge is -2.13. The van der Waals surface area contributed by atoms with E-state index in [1.54, 1.807) is 13.0 Å². The Balaban J connectivity index is 2.31. The molecule has 0 fully saturated rings. The van der Waals surface area contributed by atoms with E-state index >= 15 is 0 Å². The number of aromatic nitrogens is 1. The van der Waals surface area contributed by atoms with Crippen molar-refractivity contribution in [2.45, 2.75) is 29.1 Å². The first-order valence-electron chi connectivity index (χ1n) is 6.04. The van der Waals surface area contributed by atoms with Crippen molar-refractivity contribution in [2.24, 2.45) is 5.73 Å². The molecule has 0 saturated heterocycles. The normalized spacial score (nSPS) is 13.2. The molecule has 1 atom stereocenters. The highest BCUT2D eigenvalue weighted by molar-refractivity contribution is 7.99. The quantitative estimate of drug-likeness (QED) is 0.853. The first-order chi connectivity index (χ1) is 9.79. The van der Waals surface area contributed by atoms with Gasteiger partial charge in [0.25, 0.3) is 0 Å². The van der Waals surface area contributed by atoms with Crippen LogP contribution < -0.4 is 5.73 Å². The van der Waals surface area contributed by atoms with E-state index in [4.69, 9.17) is 5.73 Å². The molecule has 0 aliphatic carbocycles. The molecule has 2 aromatic rings. The van der Waals surface area contributed by atoms with Crippen LogP contribution in [0.5, 0.6) is 0 Å². The van der Waals surface area contributed by atoms with Crippen LogP contribution in [0.15, 0.2) is 46.5 Å². The van der Waals surface area contributed by atoms with Crippen molar-refractivity contribution in [2.75, 3.05) is 0 Å². The van der Waals surface area contributed by atoms with Gasteiger partial charge in [0.05, 0.1) is 10.5 Å². The number of nitrogens with zero attached hydrogens (tertiary/aromatic N) is 1. The van der Waals surface area contributed by atoms with Gasteiger partial charge in [-0.3, -0.25) is 0 Å². The van der Waals surface area contributed by atoms with Gasteiger partial charge in [-0.05, 0) is 30.7 Å². The second-order valence-corrected chi connectivity index (χ2v) is 5.46. The van der Waals surface area contributed by atoms with Crippen molar-refractivity contribution < 1.29 is 17.6 Å². The Morgan fingerprint density at radius 2 is 1.90 bits per heavy atom. The summed E-state index contributed by atoms with van der Waals surface area (Å²) in [7, 11) is 0. The van der Waals surface area contributed by atoms with E-state index in [9.17, 15) is 17.6 Å². The Labute approximate surface area is 123 Å². The van der Waals surface area contributed by atoms with Crippen LogP contribution in [0.4, 0.5) is 17.6 Å². The average Bonchev–Trinajstić information content (AvgIpc) is 2.40. The smallest absolute Gasteiger partial charge is 0.324 e. The number of alkyl halides is 3. The summed E-state index contributed by atoms with van der Waals surface area (Å²) in [5.41, 5.74) is 5.51. The van der Waals surface area contributed by atoms with Gasteiger partial charge in [-0.25, -0.2) is 9.37 Å². The molecule has 7 heteroatoms. The zero-order chi connectivity index (χ0) is 15.6. The fraction of sp³-hybridized carbons (Fsp3) is 0.214. The van der Waals surface area contributed by atoms with Gasteiger partial charge in [0.2, 0.25) is 0 Å². The Hall–Kier alpha value is -1.60. The third-order valence-electron chi connectivity index (χ3n) is 2.76. The second-order valence-electron chi connectivity index (χ2n) is 4.43. The Bertz CT molecular complexity index is 624. The van der Waals surface area contributed by atoms with Gasteiger partial charge in [-0.2, -0.15) is 13.2 Å². The molecule has 0 aliphatic rings. The molecule has 2 nitrogen and oxygen atoms in total. The maximum atomic E-state index is 13.9. The predicted molar refractivity (Wildman–Crippen MR) is 72.4 cm³/mol. The minimum atomic E-state index is -4.44. The molecule has 0 amide bonds. The second kappa shape index (κ2) is 6.03. The monoisotopic (exact) mass is 316 g/mol. The van der Waals surface area contributed by atoms with Crippen molar-refractivity contribution >= 4 is 11.8 Å². The molecule has 1 aromatic carbocycles. The molecule has 2 N–H and O–H groups in total. The summed E-state index contributed by atoms with van der Waals surface area (Å²) in [6.45, 7) is 1.71. The Kier molecular flexibility index (Phi) is 4.53. The first kappa shape index (κ1) is 15.8. The minimum Gasteiger partial charge on any atom is -0.324 e. The third kappa shape index (κ3) is 3.74. The molecule has 112 valence electrons. The number of benzene rings is 1. The Morgan fingerprint density at radius 3 is 2.43 bits per heavy atom. The summed E-state index contributed by atoms with van der Waals surface area (Å²) < 4.78 is 51.3. The van der Waals surface area contributed by atoms with Crippen LogP contribution in [-0.2, 0) is 6.18 Å². The van der Waals surface area contributed by atoms with E-state index in [-0.39, 0.29) is 9.92 Å². The van der Waals surface area contributed by atoms with Crippen LogP contribution in [0, 0.1) is 5.82 Å². The summed E-state index contributed by atoms with van der Waals surface area (Å²) in [6, 6.07) is 6.24. The largest absolute Gasteiger partial charge is 0.417 e. The Morgan fingerprint density at radius 1 is 1.19 bits per heavy atom. The van der Waals surface area contributed by atoms with Gasteiger partial charge < -0.3 is 5.73 Å². The molecule has 1 aromatic heterocycles. The van der Waals surface area contributed by atoms with Gasteiger partial charge in [0.15, 0.2) is 0 Å². The summed E-state index contributed by atoms with van der Waals surface area (Å²) in [5, 5.41) is 0.273. The maximum Gasteiger partial charge on any atom is 0.417 e. The minimum absolute atomic E-state index is 0.273. The van der Waals surface area contributed by atoms with E-state index in [2.05, 4.69) is 4.98 Å². The summed E-state index contributed by atoms with van der Waals surface area (Å²) in [5.74, 6) is -0.475. The van der Waals surface area contributed by atoms with Gasteiger partial charge in [-0.15, -0.1) is 0 Å². The van der Waals surface area contributed by atoms with Crippen molar-refractivity contribution in [3.8, 4) is 0 Å². The lowest BCUT2D eigenvalue weighted by Crippen LogP contribution is -2.07.